The first-order valence-corrected chi connectivity index (χ1v) is 5.21. The van der Waals surface area contributed by atoms with E-state index in [9.17, 15) is 19.7 Å². The summed E-state index contributed by atoms with van der Waals surface area (Å²) >= 11 is 0.788. The predicted molar refractivity (Wildman–Crippen MR) is 56.9 cm³/mol. The molecule has 3 N–H and O–H groups in total. The lowest BCUT2D eigenvalue weighted by Crippen LogP contribution is -2.36. The van der Waals surface area contributed by atoms with Crippen LogP contribution in [-0.4, -0.2) is 39.7 Å². The quantitative estimate of drug-likeness (QED) is 0.497. The van der Waals surface area contributed by atoms with Gasteiger partial charge in [-0.1, -0.05) is 11.3 Å². The van der Waals surface area contributed by atoms with Crippen LogP contribution in [0.15, 0.2) is 11.4 Å². The Kier molecular flexibility index (Phi) is 4.12. The number of carbonyl (C=O) groups is 2. The van der Waals surface area contributed by atoms with Crippen molar-refractivity contribution in [1.82, 2.24) is 5.32 Å². The number of thiophene rings is 1. The molecule has 1 rings (SSSR count). The molecule has 92 valence electrons. The number of amides is 1. The van der Waals surface area contributed by atoms with Gasteiger partial charge in [0.15, 0.2) is 6.10 Å². The maximum atomic E-state index is 11.4. The third-order valence-electron chi connectivity index (χ3n) is 1.77. The molecule has 1 amide bonds. The molecule has 0 spiro atoms. The highest BCUT2D eigenvalue weighted by Gasteiger charge is 2.17. The normalized spacial score (nSPS) is 11.8. The van der Waals surface area contributed by atoms with Gasteiger partial charge in [0.25, 0.3) is 5.91 Å². The van der Waals surface area contributed by atoms with Gasteiger partial charge in [0, 0.05) is 11.4 Å². The largest absolute Gasteiger partial charge is 0.479 e. The number of aliphatic hydroxyl groups excluding tert-OH is 1. The van der Waals surface area contributed by atoms with Gasteiger partial charge in [0.2, 0.25) is 0 Å². The summed E-state index contributed by atoms with van der Waals surface area (Å²) in [6.45, 7) is -0.461. The van der Waals surface area contributed by atoms with E-state index in [0.29, 0.717) is 0 Å². The van der Waals surface area contributed by atoms with Crippen LogP contribution in [0.25, 0.3) is 0 Å². The van der Waals surface area contributed by atoms with Crippen LogP contribution < -0.4 is 5.32 Å². The van der Waals surface area contributed by atoms with E-state index in [-0.39, 0.29) is 10.6 Å². The van der Waals surface area contributed by atoms with E-state index < -0.39 is 29.4 Å². The van der Waals surface area contributed by atoms with E-state index in [1.165, 1.54) is 5.38 Å². The molecule has 17 heavy (non-hydrogen) atoms. The molecule has 1 aromatic heterocycles. The molecule has 1 heterocycles. The maximum absolute atomic E-state index is 11.4. The van der Waals surface area contributed by atoms with Crippen molar-refractivity contribution in [3.63, 3.8) is 0 Å². The molecule has 0 saturated heterocycles. The number of aliphatic carboxylic acids is 1. The Morgan fingerprint density at radius 3 is 2.71 bits per heavy atom. The first-order chi connectivity index (χ1) is 7.91. The summed E-state index contributed by atoms with van der Waals surface area (Å²) in [7, 11) is 0. The van der Waals surface area contributed by atoms with E-state index >= 15 is 0 Å². The van der Waals surface area contributed by atoms with Gasteiger partial charge < -0.3 is 15.5 Å². The minimum Gasteiger partial charge on any atom is -0.479 e. The van der Waals surface area contributed by atoms with Gasteiger partial charge in [-0.15, -0.1) is 0 Å². The van der Waals surface area contributed by atoms with Crippen molar-refractivity contribution in [3.05, 3.63) is 27.1 Å². The third kappa shape index (κ3) is 3.50. The molecule has 1 aromatic rings. The number of rotatable bonds is 5. The number of aliphatic hydroxyl groups is 1. The number of hydrogen-bond donors (Lipinski definition) is 3. The van der Waals surface area contributed by atoms with E-state index in [2.05, 4.69) is 5.32 Å². The zero-order valence-corrected chi connectivity index (χ0v) is 9.14. The fraction of sp³-hybridized carbons (Fsp3) is 0.250. The summed E-state index contributed by atoms with van der Waals surface area (Å²) in [4.78, 5) is 31.4. The highest BCUT2D eigenvalue weighted by atomic mass is 32.1. The van der Waals surface area contributed by atoms with Crippen LogP contribution in [0.3, 0.4) is 0 Å². The second-order valence-corrected chi connectivity index (χ2v) is 3.88. The molecule has 0 aliphatic heterocycles. The SMILES string of the molecule is O=C(NC[C@H](O)C(=O)O)c1csc([N+](=O)[O-])c1. The summed E-state index contributed by atoms with van der Waals surface area (Å²) in [6.07, 6.45) is -1.70. The van der Waals surface area contributed by atoms with Gasteiger partial charge >= 0.3 is 11.0 Å². The first-order valence-electron chi connectivity index (χ1n) is 4.34. The van der Waals surface area contributed by atoms with E-state index in [1.54, 1.807) is 0 Å². The van der Waals surface area contributed by atoms with E-state index in [1.807, 2.05) is 0 Å². The number of nitrogens with one attached hydrogen (secondary N) is 1. The van der Waals surface area contributed by atoms with Crippen molar-refractivity contribution >= 4 is 28.2 Å². The Bertz CT molecular complexity index is 457. The van der Waals surface area contributed by atoms with Crippen molar-refractivity contribution in [2.75, 3.05) is 6.54 Å². The molecule has 0 aromatic carbocycles. The fourth-order valence-corrected chi connectivity index (χ4v) is 1.62. The summed E-state index contributed by atoms with van der Waals surface area (Å²) in [5.41, 5.74) is 0.0549. The number of carbonyl (C=O) groups excluding carboxylic acids is 1. The molecule has 0 aliphatic carbocycles. The zero-order chi connectivity index (χ0) is 13.0. The van der Waals surface area contributed by atoms with Gasteiger partial charge in [-0.2, -0.15) is 0 Å². The molecule has 0 bridgehead atoms. The number of carboxylic acids is 1. The minimum absolute atomic E-state index is 0.0549. The number of nitrogens with zero attached hydrogens (tertiary/aromatic N) is 1. The van der Waals surface area contributed by atoms with Gasteiger partial charge in [-0.05, 0) is 0 Å². The molecule has 9 heteroatoms. The molecule has 0 fully saturated rings. The number of hydrogen-bond acceptors (Lipinski definition) is 6. The Morgan fingerprint density at radius 1 is 1.59 bits per heavy atom. The molecule has 0 aliphatic rings. The van der Waals surface area contributed by atoms with Crippen molar-refractivity contribution in [2.45, 2.75) is 6.10 Å². The molecular formula is C8H8N2O6S. The Balaban J connectivity index is 2.58. The maximum Gasteiger partial charge on any atom is 0.334 e. The predicted octanol–water partition coefficient (Wildman–Crippen LogP) is -0.168. The van der Waals surface area contributed by atoms with Crippen molar-refractivity contribution in [1.29, 1.82) is 0 Å². The van der Waals surface area contributed by atoms with Crippen LogP contribution in [0.4, 0.5) is 5.00 Å². The number of carboxylic acid groups (broad SMARTS) is 1. The lowest BCUT2D eigenvalue weighted by molar-refractivity contribution is -0.380. The molecule has 0 saturated carbocycles. The van der Waals surface area contributed by atoms with Crippen molar-refractivity contribution < 1.29 is 24.7 Å². The Morgan fingerprint density at radius 2 is 2.24 bits per heavy atom. The second-order valence-electron chi connectivity index (χ2n) is 2.99. The zero-order valence-electron chi connectivity index (χ0n) is 8.32. The summed E-state index contributed by atoms with van der Waals surface area (Å²) in [5, 5.41) is 30.8. The minimum atomic E-state index is -1.70. The van der Waals surface area contributed by atoms with E-state index in [0.717, 1.165) is 17.4 Å². The smallest absolute Gasteiger partial charge is 0.334 e. The van der Waals surface area contributed by atoms with Crippen molar-refractivity contribution in [2.24, 2.45) is 0 Å². The van der Waals surface area contributed by atoms with Crippen LogP contribution in [0, 0.1) is 10.1 Å². The average Bonchev–Trinajstić information content (AvgIpc) is 2.74. The monoisotopic (exact) mass is 260 g/mol. The second kappa shape index (κ2) is 5.37. The topological polar surface area (TPSA) is 130 Å². The average molecular weight is 260 g/mol. The van der Waals surface area contributed by atoms with Crippen LogP contribution in [0.5, 0.6) is 0 Å². The summed E-state index contributed by atoms with van der Waals surface area (Å²) in [5.74, 6) is -2.13. The van der Waals surface area contributed by atoms with Gasteiger partial charge in [-0.25, -0.2) is 4.79 Å². The first kappa shape index (κ1) is 13.1. The summed E-state index contributed by atoms with van der Waals surface area (Å²) < 4.78 is 0. The Hall–Kier alpha value is -2.00. The van der Waals surface area contributed by atoms with Crippen LogP contribution in [-0.2, 0) is 4.79 Å². The highest BCUT2D eigenvalue weighted by molar-refractivity contribution is 7.13. The fourth-order valence-electron chi connectivity index (χ4n) is 0.918. The lowest BCUT2D eigenvalue weighted by atomic mass is 10.3. The molecular weight excluding hydrogens is 252 g/mol. The highest BCUT2D eigenvalue weighted by Crippen LogP contribution is 2.22. The van der Waals surface area contributed by atoms with Crippen molar-refractivity contribution in [3.8, 4) is 0 Å². The number of nitro groups is 1. The van der Waals surface area contributed by atoms with Crippen LogP contribution >= 0.6 is 11.3 Å². The van der Waals surface area contributed by atoms with Gasteiger partial charge in [0.05, 0.1) is 17.0 Å². The molecule has 0 radical (unpaired) electrons. The van der Waals surface area contributed by atoms with Gasteiger partial charge in [0.1, 0.15) is 0 Å². The van der Waals surface area contributed by atoms with Crippen LogP contribution in [0.2, 0.25) is 0 Å². The third-order valence-corrected chi connectivity index (χ3v) is 2.65. The Labute approximate surface area is 98.6 Å². The van der Waals surface area contributed by atoms with Crippen LogP contribution in [0.1, 0.15) is 10.4 Å². The standard InChI is InChI=1S/C8H8N2O6S/c11-5(8(13)14)2-9-7(12)4-1-6(10(15)16)17-3-4/h1,3,5,11H,2H2,(H,9,12)(H,13,14)/t5-/m0/s1. The van der Waals surface area contributed by atoms with E-state index in [4.69, 9.17) is 10.2 Å². The molecule has 0 unspecified atom stereocenters. The molecule has 1 atom stereocenters. The summed E-state index contributed by atoms with van der Waals surface area (Å²) in [6, 6.07) is 1.08. The van der Waals surface area contributed by atoms with Gasteiger partial charge in [-0.3, -0.25) is 14.9 Å². The molecule has 8 nitrogen and oxygen atoms in total. The lowest BCUT2D eigenvalue weighted by Gasteiger charge is -2.06.